The first-order chi connectivity index (χ1) is 19.6. The van der Waals surface area contributed by atoms with Crippen LogP contribution in [-0.4, -0.2) is 86.5 Å². The van der Waals surface area contributed by atoms with E-state index in [1.807, 2.05) is 0 Å². The van der Waals surface area contributed by atoms with Crippen molar-refractivity contribution in [2.75, 3.05) is 18.6 Å². The maximum Gasteiger partial charge on any atom is 0.259 e. The summed E-state index contributed by atoms with van der Waals surface area (Å²) >= 11 is 3.26. The molecule has 2 aliphatic rings. The molecule has 2 aromatic carbocycles. The highest BCUT2D eigenvalue weighted by Crippen LogP contribution is 2.37. The first-order valence-electron chi connectivity index (χ1n) is 13.0. The van der Waals surface area contributed by atoms with Gasteiger partial charge in [0.15, 0.2) is 6.10 Å². The summed E-state index contributed by atoms with van der Waals surface area (Å²) in [6, 6.07) is 9.74. The van der Waals surface area contributed by atoms with Gasteiger partial charge in [-0.2, -0.15) is 5.26 Å². The van der Waals surface area contributed by atoms with Crippen molar-refractivity contribution in [2.45, 2.75) is 62.4 Å². The van der Waals surface area contributed by atoms with Crippen LogP contribution in [0.25, 0.3) is 11.3 Å². The van der Waals surface area contributed by atoms with E-state index in [4.69, 9.17) is 9.47 Å². The number of amides is 1. The molecule has 41 heavy (non-hydrogen) atoms. The lowest BCUT2D eigenvalue weighted by atomic mass is 9.85. The molecule has 2 fully saturated rings. The minimum atomic E-state index is -1.35. The Kier molecular flexibility index (Phi) is 8.51. The Hall–Kier alpha value is -3.25. The van der Waals surface area contributed by atoms with Gasteiger partial charge in [-0.15, -0.1) is 5.10 Å². The number of hydrogen-bond acceptors (Lipinski definition) is 9. The Morgan fingerprint density at radius 2 is 2.05 bits per heavy atom. The molecule has 1 aliphatic carbocycles. The molecule has 0 bridgehead atoms. The van der Waals surface area contributed by atoms with Gasteiger partial charge in [-0.25, -0.2) is 9.07 Å². The number of carbonyl (C=O) groups is 1. The molecule has 0 unspecified atom stereocenters. The van der Waals surface area contributed by atoms with E-state index in [0.717, 1.165) is 5.56 Å². The lowest BCUT2D eigenvalue weighted by Crippen LogP contribution is -2.64. The fourth-order valence-electron chi connectivity index (χ4n) is 5.47. The highest BCUT2D eigenvalue weighted by Gasteiger charge is 2.52. The van der Waals surface area contributed by atoms with Crippen molar-refractivity contribution < 1.29 is 34.0 Å². The van der Waals surface area contributed by atoms with Crippen molar-refractivity contribution in [1.29, 1.82) is 5.26 Å². The van der Waals surface area contributed by atoms with Crippen molar-refractivity contribution in [3.8, 4) is 17.3 Å². The number of anilines is 1. The van der Waals surface area contributed by atoms with E-state index < -0.39 is 60.9 Å². The Bertz CT molecular complexity index is 1460. The monoisotopic (exact) mass is 629 g/mol. The number of halogens is 2. The summed E-state index contributed by atoms with van der Waals surface area (Å²) in [5.41, 5.74) is 2.25. The minimum Gasteiger partial charge on any atom is -0.394 e. The third-order valence-corrected chi connectivity index (χ3v) is 8.06. The molecule has 1 aliphatic heterocycles. The first kappa shape index (κ1) is 29.2. The predicted molar refractivity (Wildman–Crippen MR) is 147 cm³/mol. The summed E-state index contributed by atoms with van der Waals surface area (Å²) < 4.78 is 27.5. The van der Waals surface area contributed by atoms with Gasteiger partial charge in [-0.1, -0.05) is 21.1 Å². The highest BCUT2D eigenvalue weighted by atomic mass is 79.9. The van der Waals surface area contributed by atoms with Crippen molar-refractivity contribution in [1.82, 2.24) is 15.0 Å². The smallest absolute Gasteiger partial charge is 0.259 e. The average molecular weight is 630 g/mol. The van der Waals surface area contributed by atoms with Gasteiger partial charge < -0.3 is 29.7 Å². The molecule has 13 heteroatoms. The van der Waals surface area contributed by atoms with Crippen LogP contribution in [0.4, 0.5) is 10.1 Å². The van der Waals surface area contributed by atoms with E-state index >= 15 is 0 Å². The number of nitriles is 1. The topological polar surface area (TPSA) is 154 Å². The normalized spacial score (nSPS) is 27.6. The molecule has 1 saturated carbocycles. The predicted octanol–water partition coefficient (Wildman–Crippen LogP) is 2.26. The molecule has 1 amide bonds. The van der Waals surface area contributed by atoms with Crippen LogP contribution in [-0.2, 0) is 14.3 Å². The standard InChI is InChI=1S/C28H29BrFN5O6/c1-14-5-15(11-31)7-19(6-14)35(21-3-4-22(21)37)28(39)27-26(40-2)24(25(38)23(13-36)41-27)34-12-20(32-33-34)16-8-17(29)10-18(30)9-16/h5-10,12,21-27,36-38H,3-4,13H2,1-2H3/t21-,22-,23+,24-,25-,26+,27+/m0/s1. The van der Waals surface area contributed by atoms with Gasteiger partial charge in [-0.3, -0.25) is 4.79 Å². The molecule has 7 atom stereocenters. The molecule has 0 spiro atoms. The zero-order chi connectivity index (χ0) is 29.4. The van der Waals surface area contributed by atoms with Crippen molar-refractivity contribution in [2.24, 2.45) is 0 Å². The molecule has 3 N–H and O–H groups in total. The molecular formula is C28H29BrFN5O6. The second-order valence-electron chi connectivity index (χ2n) is 10.3. The number of aliphatic hydroxyl groups is 3. The van der Waals surface area contributed by atoms with Crippen molar-refractivity contribution in [3.63, 3.8) is 0 Å². The lowest BCUT2D eigenvalue weighted by Gasteiger charge is -2.47. The van der Waals surface area contributed by atoms with E-state index in [0.29, 0.717) is 39.8 Å². The summed E-state index contributed by atoms with van der Waals surface area (Å²) in [5, 5.41) is 49.7. The minimum absolute atomic E-state index is 0.310. The highest BCUT2D eigenvalue weighted by molar-refractivity contribution is 9.10. The Morgan fingerprint density at radius 1 is 1.27 bits per heavy atom. The Morgan fingerprint density at radius 3 is 2.66 bits per heavy atom. The third kappa shape index (κ3) is 5.63. The maximum absolute atomic E-state index is 14.3. The molecule has 1 aromatic heterocycles. The molecule has 5 rings (SSSR count). The van der Waals surface area contributed by atoms with Gasteiger partial charge in [0.25, 0.3) is 5.91 Å². The van der Waals surface area contributed by atoms with Crippen molar-refractivity contribution in [3.05, 3.63) is 64.0 Å². The second-order valence-corrected chi connectivity index (χ2v) is 11.2. The van der Waals surface area contributed by atoms with Crippen LogP contribution in [0.5, 0.6) is 0 Å². The van der Waals surface area contributed by atoms with E-state index in [9.17, 15) is 29.8 Å². The fourth-order valence-corrected chi connectivity index (χ4v) is 5.93. The number of aliphatic hydroxyl groups excluding tert-OH is 3. The zero-order valence-corrected chi connectivity index (χ0v) is 23.8. The number of carbonyl (C=O) groups excluding carboxylic acids is 1. The summed E-state index contributed by atoms with van der Waals surface area (Å²) in [6.45, 7) is 1.19. The molecule has 1 saturated heterocycles. The average Bonchev–Trinajstić information content (AvgIpc) is 3.43. The van der Waals surface area contributed by atoms with Crippen LogP contribution in [0.1, 0.15) is 30.0 Å². The van der Waals surface area contributed by atoms with Crippen LogP contribution >= 0.6 is 15.9 Å². The van der Waals surface area contributed by atoms with Crippen LogP contribution in [0, 0.1) is 24.1 Å². The zero-order valence-electron chi connectivity index (χ0n) is 22.3. The summed E-state index contributed by atoms with van der Waals surface area (Å²) in [4.78, 5) is 15.7. The van der Waals surface area contributed by atoms with E-state index in [2.05, 4.69) is 32.3 Å². The van der Waals surface area contributed by atoms with Crippen LogP contribution in [0.3, 0.4) is 0 Å². The Labute approximate surface area is 243 Å². The third-order valence-electron chi connectivity index (χ3n) is 7.60. The SMILES string of the molecule is CO[C@@H]1[C@@H](n2cc(-c3cc(F)cc(Br)c3)nn2)[C@@H](O)[C@@H](CO)O[C@H]1C(=O)N(c1cc(C)cc(C#N)c1)[C@H]1CC[C@@H]1O. The van der Waals surface area contributed by atoms with E-state index in [1.54, 1.807) is 31.2 Å². The number of benzene rings is 2. The largest absolute Gasteiger partial charge is 0.394 e. The van der Waals surface area contributed by atoms with Gasteiger partial charge in [0, 0.05) is 22.8 Å². The van der Waals surface area contributed by atoms with Gasteiger partial charge in [0.05, 0.1) is 36.6 Å². The maximum atomic E-state index is 14.3. The van der Waals surface area contributed by atoms with Crippen LogP contribution in [0.2, 0.25) is 0 Å². The van der Waals surface area contributed by atoms with Crippen molar-refractivity contribution >= 4 is 27.5 Å². The van der Waals surface area contributed by atoms with E-state index in [-0.39, 0.29) is 0 Å². The summed E-state index contributed by atoms with van der Waals surface area (Å²) in [6.07, 6.45) is -3.23. The van der Waals surface area contributed by atoms with Gasteiger partial charge in [-0.05, 0) is 61.7 Å². The van der Waals surface area contributed by atoms with Crippen LogP contribution in [0.15, 0.2) is 47.1 Å². The molecule has 2 heterocycles. The summed E-state index contributed by atoms with van der Waals surface area (Å²) in [7, 11) is 1.36. The van der Waals surface area contributed by atoms with E-state index in [1.165, 1.54) is 35.0 Å². The molecule has 0 radical (unpaired) electrons. The summed E-state index contributed by atoms with van der Waals surface area (Å²) in [5.74, 6) is -1.05. The Balaban J connectivity index is 1.54. The van der Waals surface area contributed by atoms with Crippen LogP contribution < -0.4 is 4.90 Å². The number of aryl methyl sites for hydroxylation is 1. The number of ether oxygens (including phenoxy) is 2. The molecule has 3 aromatic rings. The van der Waals surface area contributed by atoms with Gasteiger partial charge in [0.2, 0.25) is 0 Å². The fraction of sp³-hybridized carbons (Fsp3) is 0.429. The number of methoxy groups -OCH3 is 1. The molecular weight excluding hydrogens is 601 g/mol. The quantitative estimate of drug-likeness (QED) is 0.357. The van der Waals surface area contributed by atoms with Gasteiger partial charge in [0.1, 0.15) is 35.9 Å². The number of hydrogen-bond donors (Lipinski definition) is 3. The number of aromatic nitrogens is 3. The molecule has 216 valence electrons. The number of rotatable bonds is 7. The number of nitrogens with zero attached hydrogens (tertiary/aromatic N) is 5. The first-order valence-corrected chi connectivity index (χ1v) is 13.8. The lowest BCUT2D eigenvalue weighted by molar-refractivity contribution is -0.211. The molecule has 11 nitrogen and oxygen atoms in total. The van der Waals surface area contributed by atoms with Gasteiger partial charge >= 0.3 is 0 Å². The second kappa shape index (κ2) is 11.9.